The standard InChI is InChI=1S/C19H21Si/c1-4-20(3,17-11-6-5-7-12-17)19-15(2)14-16-10-8-9-13-18(16)19/h5-14H,4H2,1-3H3. The van der Waals surface area contributed by atoms with Crippen molar-refractivity contribution in [1.82, 2.24) is 0 Å². The Morgan fingerprint density at radius 1 is 0.900 bits per heavy atom. The van der Waals surface area contributed by atoms with E-state index >= 15 is 0 Å². The van der Waals surface area contributed by atoms with Gasteiger partial charge >= 0.3 is 0 Å². The van der Waals surface area contributed by atoms with Crippen LogP contribution >= 0.6 is 0 Å². The monoisotopic (exact) mass is 277 g/mol. The number of benzene rings is 2. The van der Waals surface area contributed by atoms with Gasteiger partial charge in [-0.15, -0.1) is 0 Å². The molecule has 0 heterocycles. The van der Waals surface area contributed by atoms with Gasteiger partial charge in [0.25, 0.3) is 0 Å². The molecule has 1 radical (unpaired) electrons. The lowest BCUT2D eigenvalue weighted by molar-refractivity contribution is 1.26. The first-order valence-electron chi connectivity index (χ1n) is 7.38. The summed E-state index contributed by atoms with van der Waals surface area (Å²) in [5, 5.41) is 1.54. The Morgan fingerprint density at radius 3 is 2.25 bits per heavy atom. The average Bonchev–Trinajstić information content (AvgIpc) is 2.83. The normalized spacial score (nSPS) is 17.4. The van der Waals surface area contributed by atoms with Crippen LogP contribution < -0.4 is 5.19 Å². The number of allylic oxidation sites excluding steroid dienone is 1. The van der Waals surface area contributed by atoms with Crippen LogP contribution in [0.4, 0.5) is 0 Å². The molecule has 2 aromatic rings. The van der Waals surface area contributed by atoms with Crippen LogP contribution in [0.1, 0.15) is 25.0 Å². The molecule has 2 aromatic carbocycles. The van der Waals surface area contributed by atoms with Gasteiger partial charge in [0, 0.05) is 5.54 Å². The molecule has 3 rings (SSSR count). The molecular weight excluding hydrogens is 256 g/mol. The summed E-state index contributed by atoms with van der Waals surface area (Å²) in [4.78, 5) is 0. The maximum atomic E-state index is 2.51. The molecule has 0 fully saturated rings. The molecule has 101 valence electrons. The number of hydrogen-bond donors (Lipinski definition) is 0. The van der Waals surface area contributed by atoms with E-state index < -0.39 is 8.07 Å². The van der Waals surface area contributed by atoms with E-state index in [1.165, 1.54) is 22.7 Å². The van der Waals surface area contributed by atoms with Crippen molar-refractivity contribution in [3.8, 4) is 0 Å². The molecule has 0 amide bonds. The van der Waals surface area contributed by atoms with Gasteiger partial charge in [0.15, 0.2) is 0 Å². The van der Waals surface area contributed by atoms with Crippen LogP contribution in [0.5, 0.6) is 0 Å². The van der Waals surface area contributed by atoms with Gasteiger partial charge in [-0.1, -0.05) is 90.9 Å². The van der Waals surface area contributed by atoms with Crippen molar-refractivity contribution in [3.63, 3.8) is 0 Å². The largest absolute Gasteiger partial charge is 0.0997 e. The third-order valence-electron chi connectivity index (χ3n) is 4.67. The van der Waals surface area contributed by atoms with Crippen LogP contribution in [0.25, 0.3) is 6.08 Å². The van der Waals surface area contributed by atoms with E-state index in [4.69, 9.17) is 0 Å². The predicted octanol–water partition coefficient (Wildman–Crippen LogP) is 4.57. The Kier molecular flexibility index (Phi) is 3.39. The molecule has 0 bridgehead atoms. The van der Waals surface area contributed by atoms with E-state index in [1.54, 1.807) is 10.7 Å². The van der Waals surface area contributed by atoms with E-state index in [0.717, 1.165) is 0 Å². The summed E-state index contributed by atoms with van der Waals surface area (Å²) < 4.78 is 0. The Bertz CT molecular complexity index is 642. The minimum Gasteiger partial charge on any atom is -0.0674 e. The Hall–Kier alpha value is -1.60. The molecule has 1 aliphatic rings. The maximum absolute atomic E-state index is 2.51. The molecule has 1 aliphatic carbocycles. The summed E-state index contributed by atoms with van der Waals surface area (Å²) in [6.07, 6.45) is 2.36. The van der Waals surface area contributed by atoms with Crippen LogP contribution in [0.2, 0.25) is 12.6 Å². The SMILES string of the molecule is CC[Si](C)([C]1C(C)=Cc2ccccc21)c1ccccc1. The van der Waals surface area contributed by atoms with E-state index in [1.807, 2.05) is 0 Å². The average molecular weight is 277 g/mol. The first-order valence-corrected chi connectivity index (χ1v) is 10.1. The van der Waals surface area contributed by atoms with E-state index in [0.29, 0.717) is 0 Å². The highest BCUT2D eigenvalue weighted by Crippen LogP contribution is 2.42. The minimum absolute atomic E-state index is 1.24. The Balaban J connectivity index is 2.14. The summed E-state index contributed by atoms with van der Waals surface area (Å²) in [5.41, 5.74) is 5.95. The zero-order valence-electron chi connectivity index (χ0n) is 12.5. The Morgan fingerprint density at radius 2 is 1.55 bits per heavy atom. The molecule has 0 aromatic heterocycles. The van der Waals surface area contributed by atoms with Gasteiger partial charge in [-0.25, -0.2) is 0 Å². The van der Waals surface area contributed by atoms with Gasteiger partial charge in [-0.05, 0) is 18.1 Å². The van der Waals surface area contributed by atoms with Gasteiger partial charge in [-0.3, -0.25) is 0 Å². The first kappa shape index (κ1) is 13.4. The fourth-order valence-corrected chi connectivity index (χ4v) is 7.18. The molecule has 0 spiro atoms. The quantitative estimate of drug-likeness (QED) is 0.721. The number of hydrogen-bond acceptors (Lipinski definition) is 0. The molecule has 1 heteroatoms. The van der Waals surface area contributed by atoms with Crippen molar-refractivity contribution in [2.75, 3.05) is 0 Å². The first-order chi connectivity index (χ1) is 9.66. The summed E-state index contributed by atoms with van der Waals surface area (Å²) in [6.45, 7) is 7.14. The topological polar surface area (TPSA) is 0 Å². The lowest BCUT2D eigenvalue weighted by Crippen LogP contribution is -2.50. The molecule has 1 unspecified atom stereocenters. The van der Waals surface area contributed by atoms with Crippen LogP contribution in [0, 0.1) is 5.54 Å². The highest BCUT2D eigenvalue weighted by Gasteiger charge is 2.41. The molecule has 20 heavy (non-hydrogen) atoms. The number of rotatable bonds is 3. The minimum atomic E-state index is -1.63. The van der Waals surface area contributed by atoms with Gasteiger partial charge in [0.1, 0.15) is 0 Å². The van der Waals surface area contributed by atoms with E-state index in [9.17, 15) is 0 Å². The van der Waals surface area contributed by atoms with Crippen molar-refractivity contribution in [2.24, 2.45) is 0 Å². The highest BCUT2D eigenvalue weighted by molar-refractivity contribution is 6.96. The lowest BCUT2D eigenvalue weighted by atomic mass is 10.1. The predicted molar refractivity (Wildman–Crippen MR) is 90.6 cm³/mol. The smallest absolute Gasteiger partial charge is 0.0674 e. The lowest BCUT2D eigenvalue weighted by Gasteiger charge is -2.34. The van der Waals surface area contributed by atoms with Crippen molar-refractivity contribution < 1.29 is 0 Å². The van der Waals surface area contributed by atoms with Gasteiger partial charge < -0.3 is 0 Å². The van der Waals surface area contributed by atoms with Gasteiger partial charge in [0.05, 0.1) is 8.07 Å². The molecule has 0 aliphatic heterocycles. The van der Waals surface area contributed by atoms with E-state index in [-0.39, 0.29) is 0 Å². The zero-order chi connectivity index (χ0) is 14.2. The van der Waals surface area contributed by atoms with E-state index in [2.05, 4.69) is 81.1 Å². The summed E-state index contributed by atoms with van der Waals surface area (Å²) >= 11 is 0. The van der Waals surface area contributed by atoms with Gasteiger partial charge in [0.2, 0.25) is 0 Å². The van der Waals surface area contributed by atoms with Crippen molar-refractivity contribution in [2.45, 2.75) is 26.4 Å². The van der Waals surface area contributed by atoms with Crippen LogP contribution in [-0.4, -0.2) is 8.07 Å². The highest BCUT2D eigenvalue weighted by atomic mass is 28.3. The molecule has 0 N–H and O–H groups in total. The second-order valence-corrected chi connectivity index (χ2v) is 10.3. The van der Waals surface area contributed by atoms with Crippen LogP contribution in [0.15, 0.2) is 60.2 Å². The molecule has 0 saturated carbocycles. The summed E-state index contributed by atoms with van der Waals surface area (Å²) in [7, 11) is -1.63. The fraction of sp³-hybridized carbons (Fsp3) is 0.211. The number of fused-ring (bicyclic) bond motifs is 1. The second kappa shape index (κ2) is 5.06. The molecule has 1 atom stereocenters. The molecule has 0 saturated heterocycles. The molecule has 0 nitrogen and oxygen atoms in total. The van der Waals surface area contributed by atoms with Crippen LogP contribution in [-0.2, 0) is 0 Å². The fourth-order valence-electron chi connectivity index (χ4n) is 3.43. The van der Waals surface area contributed by atoms with Crippen molar-refractivity contribution in [3.05, 3.63) is 76.8 Å². The van der Waals surface area contributed by atoms with Crippen molar-refractivity contribution in [1.29, 1.82) is 0 Å². The maximum Gasteiger partial charge on any atom is 0.0997 e. The van der Waals surface area contributed by atoms with Crippen LogP contribution in [0.3, 0.4) is 0 Å². The molecular formula is C19H21Si. The Labute approximate surface area is 123 Å². The zero-order valence-corrected chi connectivity index (χ0v) is 13.5. The third kappa shape index (κ3) is 1.97. The van der Waals surface area contributed by atoms with Crippen molar-refractivity contribution >= 4 is 19.3 Å². The summed E-state index contributed by atoms with van der Waals surface area (Å²) in [6, 6.07) is 21.2. The van der Waals surface area contributed by atoms with Gasteiger partial charge in [-0.2, -0.15) is 0 Å². The summed E-state index contributed by atoms with van der Waals surface area (Å²) in [5.74, 6) is 0. The second-order valence-electron chi connectivity index (χ2n) is 5.84. The third-order valence-corrected chi connectivity index (χ3v) is 9.46.